The van der Waals surface area contributed by atoms with Gasteiger partial charge in [-0.3, -0.25) is 0 Å². The Morgan fingerprint density at radius 1 is 1.00 bits per heavy atom. The van der Waals surface area contributed by atoms with Crippen LogP contribution in [0.15, 0.2) is 54.6 Å². The Labute approximate surface area is 174 Å². The van der Waals surface area contributed by atoms with Crippen molar-refractivity contribution in [2.45, 2.75) is 30.8 Å². The molecule has 0 aliphatic heterocycles. The van der Waals surface area contributed by atoms with E-state index in [1.165, 1.54) is 27.8 Å². The van der Waals surface area contributed by atoms with Crippen LogP contribution in [-0.2, 0) is 22.8 Å². The largest absolute Gasteiger partial charge is 1.00 e. The average Bonchev–Trinajstić information content (AvgIpc) is 3.15. The Bertz CT molecular complexity index is 887. The molecule has 0 heterocycles. The van der Waals surface area contributed by atoms with Crippen molar-refractivity contribution >= 4 is 8.78 Å². The molecule has 2 aliphatic carbocycles. The molecule has 3 heteroatoms. The van der Waals surface area contributed by atoms with Gasteiger partial charge in [0.15, 0.2) is 0 Å². The fourth-order valence-corrected chi connectivity index (χ4v) is 7.42. The van der Waals surface area contributed by atoms with Crippen LogP contribution in [0.25, 0.3) is 16.7 Å². The number of allylic oxidation sites excluding steroid dienone is 4. The summed E-state index contributed by atoms with van der Waals surface area (Å²) in [5.74, 6) is 0. The molecule has 0 radical (unpaired) electrons. The van der Waals surface area contributed by atoms with Crippen molar-refractivity contribution in [3.63, 3.8) is 0 Å². The van der Waals surface area contributed by atoms with Crippen molar-refractivity contribution in [2.75, 3.05) is 0 Å². The zero-order valence-electron chi connectivity index (χ0n) is 14.7. The van der Waals surface area contributed by atoms with Crippen LogP contribution in [0.4, 0.5) is 0 Å². The van der Waals surface area contributed by atoms with E-state index in [0.29, 0.717) is 3.63 Å². The number of halogens is 2. The van der Waals surface area contributed by atoms with E-state index in [1.807, 2.05) is 0 Å². The third kappa shape index (κ3) is 3.57. The maximum atomic E-state index is 2.37. The van der Waals surface area contributed by atoms with Gasteiger partial charge in [-0.15, -0.1) is 0 Å². The first-order chi connectivity index (χ1) is 11.2. The molecule has 127 valence electrons. The van der Waals surface area contributed by atoms with Gasteiger partial charge >= 0.3 is 150 Å². The Kier molecular flexibility index (Phi) is 6.82. The number of hydrogen-bond acceptors (Lipinski definition) is 0. The van der Waals surface area contributed by atoms with Crippen LogP contribution in [0.3, 0.4) is 0 Å². The van der Waals surface area contributed by atoms with Crippen molar-refractivity contribution < 1.29 is 47.6 Å². The van der Waals surface area contributed by atoms with E-state index in [9.17, 15) is 0 Å². The van der Waals surface area contributed by atoms with Gasteiger partial charge < -0.3 is 24.8 Å². The van der Waals surface area contributed by atoms with Gasteiger partial charge in [-0.05, 0) is 0 Å². The Morgan fingerprint density at radius 2 is 1.76 bits per heavy atom. The molecule has 0 bridgehead atoms. The Hall–Kier alpha value is -0.747. The number of rotatable bonds is 2. The molecule has 1 unspecified atom stereocenters. The van der Waals surface area contributed by atoms with Crippen LogP contribution in [0.5, 0.6) is 0 Å². The quantitative estimate of drug-likeness (QED) is 0.594. The normalized spacial score (nSPS) is 16.1. The minimum Gasteiger partial charge on any atom is -1.00 e. The number of hydrogen-bond donors (Lipinski definition) is 0. The molecule has 2 aromatic carbocycles. The van der Waals surface area contributed by atoms with Gasteiger partial charge in [-0.25, -0.2) is 0 Å². The van der Waals surface area contributed by atoms with E-state index < -0.39 is 22.8 Å². The monoisotopic (exact) mass is 445 g/mol. The molecule has 0 N–H and O–H groups in total. The summed E-state index contributed by atoms with van der Waals surface area (Å²) >= 11 is -0.610. The Morgan fingerprint density at radius 3 is 2.44 bits per heavy atom. The summed E-state index contributed by atoms with van der Waals surface area (Å²) in [6.45, 7) is 6.94. The zero-order valence-corrected chi connectivity index (χ0v) is 18.7. The van der Waals surface area contributed by atoms with Crippen LogP contribution < -0.4 is 24.8 Å². The summed E-state index contributed by atoms with van der Waals surface area (Å²) in [6.07, 6.45) is 7.89. The first-order valence-corrected chi connectivity index (χ1v) is 11.0. The molecule has 1 atom stereocenters. The maximum Gasteiger partial charge on any atom is -1.00 e. The SMILES string of the molecule is C[C](C)=[Zr+2][CH]1c2ccccc2-c2ccc(C)c(C3=CC=CC3)c21.[Cl-].[Cl-]. The van der Waals surface area contributed by atoms with Gasteiger partial charge in [0.1, 0.15) is 0 Å². The number of benzene rings is 2. The molecule has 2 aliphatic rings. The van der Waals surface area contributed by atoms with Gasteiger partial charge in [0.25, 0.3) is 0 Å². The number of aryl methyl sites for hydroxylation is 1. The Balaban J connectivity index is 0.00000113. The van der Waals surface area contributed by atoms with Crippen molar-refractivity contribution in [2.24, 2.45) is 0 Å². The molecule has 0 fully saturated rings. The smallest absolute Gasteiger partial charge is 1.00 e. The summed E-state index contributed by atoms with van der Waals surface area (Å²) in [5, 5.41) is 0. The minimum atomic E-state index is -0.610. The second kappa shape index (κ2) is 8.30. The van der Waals surface area contributed by atoms with Gasteiger partial charge in [0.05, 0.1) is 0 Å². The van der Waals surface area contributed by atoms with Crippen LogP contribution in [0.1, 0.15) is 46.1 Å². The third-order valence-electron chi connectivity index (χ3n) is 4.83. The van der Waals surface area contributed by atoms with E-state index in [1.54, 1.807) is 14.3 Å². The zero-order chi connectivity index (χ0) is 16.0. The molecule has 2 aromatic rings. The minimum absolute atomic E-state index is 0. The van der Waals surface area contributed by atoms with E-state index in [0.717, 1.165) is 6.42 Å². The van der Waals surface area contributed by atoms with Crippen LogP contribution in [-0.4, -0.2) is 3.21 Å². The number of fused-ring (bicyclic) bond motifs is 3. The van der Waals surface area contributed by atoms with Crippen molar-refractivity contribution in [1.82, 2.24) is 0 Å². The summed E-state index contributed by atoms with van der Waals surface area (Å²) < 4.78 is 2.35. The van der Waals surface area contributed by atoms with Gasteiger partial charge in [0.2, 0.25) is 0 Å². The molecule has 0 nitrogen and oxygen atoms in total. The second-order valence-electron chi connectivity index (χ2n) is 6.71. The summed E-state index contributed by atoms with van der Waals surface area (Å²) in [4.78, 5) is 0. The fourth-order valence-electron chi connectivity index (χ4n) is 3.91. The average molecular weight is 448 g/mol. The van der Waals surface area contributed by atoms with Crippen LogP contribution in [0, 0.1) is 6.92 Å². The molecule has 0 aromatic heterocycles. The molecule has 0 saturated carbocycles. The van der Waals surface area contributed by atoms with E-state index in [2.05, 4.69) is 75.4 Å². The van der Waals surface area contributed by atoms with Gasteiger partial charge in [0, 0.05) is 0 Å². The van der Waals surface area contributed by atoms with Crippen molar-refractivity contribution in [3.05, 3.63) is 76.9 Å². The van der Waals surface area contributed by atoms with Crippen LogP contribution in [0.2, 0.25) is 0 Å². The molecule has 4 rings (SSSR count). The van der Waals surface area contributed by atoms with E-state index in [4.69, 9.17) is 0 Å². The second-order valence-corrected chi connectivity index (χ2v) is 11.3. The van der Waals surface area contributed by atoms with E-state index >= 15 is 0 Å². The predicted octanol–water partition coefficient (Wildman–Crippen LogP) is -0.289. The first-order valence-electron chi connectivity index (χ1n) is 8.32. The van der Waals surface area contributed by atoms with Gasteiger partial charge in [-0.2, -0.15) is 0 Å². The maximum absolute atomic E-state index is 2.37. The summed E-state index contributed by atoms with van der Waals surface area (Å²) in [6, 6.07) is 13.8. The van der Waals surface area contributed by atoms with Crippen LogP contribution >= 0.6 is 0 Å². The third-order valence-corrected chi connectivity index (χ3v) is 8.43. The molecular formula is C22H21Cl2Zr. The fraction of sp³-hybridized carbons (Fsp3) is 0.227. The molecule has 0 amide bonds. The molecule has 0 saturated heterocycles. The predicted molar refractivity (Wildman–Crippen MR) is 96.5 cm³/mol. The summed E-state index contributed by atoms with van der Waals surface area (Å²) in [7, 11) is 0. The molecule has 25 heavy (non-hydrogen) atoms. The topological polar surface area (TPSA) is 0 Å². The van der Waals surface area contributed by atoms with Crippen molar-refractivity contribution in [1.29, 1.82) is 0 Å². The molecular weight excluding hydrogens is 426 g/mol. The summed E-state index contributed by atoms with van der Waals surface area (Å²) in [5.41, 5.74) is 10.7. The first kappa shape index (κ1) is 20.6. The van der Waals surface area contributed by atoms with Gasteiger partial charge in [-0.1, -0.05) is 0 Å². The standard InChI is InChI=1S/C19H15.C3H6.2ClH.Zr/c1-13-10-11-17-16-9-5-4-8-15(16)12-18(17)19(13)14-6-2-3-7-14;1-3-2;;;/h2-6,8-12H,7H2,1H3;1-2H3;2*1H;/q;;;;+2/p-2. The van der Waals surface area contributed by atoms with Crippen molar-refractivity contribution in [3.8, 4) is 11.1 Å². The van der Waals surface area contributed by atoms with E-state index in [-0.39, 0.29) is 24.8 Å². The molecule has 0 spiro atoms.